The molecule has 0 aliphatic heterocycles. The first-order valence-electron chi connectivity index (χ1n) is 7.62. The van der Waals surface area contributed by atoms with Crippen LogP contribution in [0.4, 0.5) is 0 Å². The summed E-state index contributed by atoms with van der Waals surface area (Å²) in [5.74, 6) is 2.23. The third-order valence-electron chi connectivity index (χ3n) is 5.00. The highest BCUT2D eigenvalue weighted by molar-refractivity contribution is 5.94. The minimum atomic E-state index is -0.216. The van der Waals surface area contributed by atoms with E-state index in [9.17, 15) is 9.59 Å². The van der Waals surface area contributed by atoms with Gasteiger partial charge in [-0.3, -0.25) is 9.59 Å². The van der Waals surface area contributed by atoms with Crippen LogP contribution in [-0.2, 0) is 0 Å². The smallest absolute Gasteiger partial charge is 0.251 e. The van der Waals surface area contributed by atoms with E-state index in [1.54, 1.807) is 13.0 Å². The lowest BCUT2D eigenvalue weighted by atomic mass is 9.92. The lowest BCUT2D eigenvalue weighted by Gasteiger charge is -2.18. The van der Waals surface area contributed by atoms with E-state index in [-0.39, 0.29) is 11.5 Å². The molecule has 20 heavy (non-hydrogen) atoms. The van der Waals surface area contributed by atoms with Gasteiger partial charge in [0.25, 0.3) is 5.91 Å². The van der Waals surface area contributed by atoms with Gasteiger partial charge in [-0.2, -0.15) is 0 Å². The molecule has 1 aromatic rings. The molecule has 0 spiro atoms. The zero-order valence-corrected chi connectivity index (χ0v) is 11.9. The summed E-state index contributed by atoms with van der Waals surface area (Å²) in [6, 6.07) is 3.10. The topological polar surface area (TPSA) is 62.0 Å². The van der Waals surface area contributed by atoms with Crippen molar-refractivity contribution in [1.82, 2.24) is 10.3 Å². The molecule has 3 atom stereocenters. The van der Waals surface area contributed by atoms with Crippen LogP contribution in [0.25, 0.3) is 0 Å². The Morgan fingerprint density at radius 1 is 1.30 bits per heavy atom. The largest absolute Gasteiger partial charge is 0.352 e. The predicted molar refractivity (Wildman–Crippen MR) is 77.7 cm³/mol. The van der Waals surface area contributed by atoms with Gasteiger partial charge in [0, 0.05) is 23.9 Å². The quantitative estimate of drug-likeness (QED) is 0.888. The van der Waals surface area contributed by atoms with E-state index in [0.717, 1.165) is 24.1 Å². The number of aromatic amines is 1. The second-order valence-electron chi connectivity index (χ2n) is 6.32. The van der Waals surface area contributed by atoms with Crippen LogP contribution in [0.1, 0.15) is 48.2 Å². The normalized spacial score (nSPS) is 28.4. The fourth-order valence-electron chi connectivity index (χ4n) is 4.08. The highest BCUT2D eigenvalue weighted by atomic mass is 16.2. The fraction of sp³-hybridized carbons (Fsp3) is 0.625. The van der Waals surface area contributed by atoms with Gasteiger partial charge in [0.2, 0.25) is 5.56 Å². The van der Waals surface area contributed by atoms with Crippen molar-refractivity contribution in [2.75, 3.05) is 6.54 Å². The Morgan fingerprint density at radius 3 is 2.95 bits per heavy atom. The maximum atomic E-state index is 12.1. The second-order valence-corrected chi connectivity index (χ2v) is 6.32. The summed E-state index contributed by atoms with van der Waals surface area (Å²) >= 11 is 0. The summed E-state index contributed by atoms with van der Waals surface area (Å²) in [5, 5.41) is 3.02. The van der Waals surface area contributed by atoms with Crippen molar-refractivity contribution in [3.8, 4) is 0 Å². The number of H-pyrrole nitrogens is 1. The van der Waals surface area contributed by atoms with E-state index < -0.39 is 0 Å². The molecule has 108 valence electrons. The van der Waals surface area contributed by atoms with Gasteiger partial charge in [0.15, 0.2) is 0 Å². The van der Waals surface area contributed by atoms with Gasteiger partial charge in [-0.1, -0.05) is 12.8 Å². The van der Waals surface area contributed by atoms with Gasteiger partial charge in [0.05, 0.1) is 0 Å². The predicted octanol–water partition coefficient (Wildman–Crippen LogP) is 2.24. The summed E-state index contributed by atoms with van der Waals surface area (Å²) in [4.78, 5) is 26.2. The molecule has 2 N–H and O–H groups in total. The molecular formula is C16H22N2O2. The van der Waals surface area contributed by atoms with E-state index >= 15 is 0 Å². The molecule has 2 fully saturated rings. The summed E-state index contributed by atoms with van der Waals surface area (Å²) in [6.07, 6.45) is 6.63. The van der Waals surface area contributed by atoms with Gasteiger partial charge in [-0.15, -0.1) is 0 Å². The van der Waals surface area contributed by atoms with Crippen LogP contribution in [0.2, 0.25) is 0 Å². The van der Waals surface area contributed by atoms with Crippen LogP contribution < -0.4 is 10.9 Å². The third-order valence-corrected chi connectivity index (χ3v) is 5.00. The van der Waals surface area contributed by atoms with Crippen LogP contribution in [0.5, 0.6) is 0 Å². The molecule has 3 rings (SSSR count). The number of fused-ring (bicyclic) bond motifs is 1. The van der Waals surface area contributed by atoms with Crippen molar-refractivity contribution in [3.63, 3.8) is 0 Å². The van der Waals surface area contributed by atoms with Crippen molar-refractivity contribution in [3.05, 3.63) is 33.7 Å². The zero-order chi connectivity index (χ0) is 14.1. The van der Waals surface area contributed by atoms with Crippen LogP contribution in [-0.4, -0.2) is 17.4 Å². The number of hydrogen-bond acceptors (Lipinski definition) is 2. The summed E-state index contributed by atoms with van der Waals surface area (Å²) < 4.78 is 0. The minimum absolute atomic E-state index is 0.124. The average Bonchev–Trinajstić information content (AvgIpc) is 2.98. The molecular weight excluding hydrogens is 252 g/mol. The molecule has 2 aliphatic rings. The first kappa shape index (κ1) is 13.4. The molecule has 0 aromatic carbocycles. The minimum Gasteiger partial charge on any atom is -0.352 e. The maximum absolute atomic E-state index is 12.1. The highest BCUT2D eigenvalue weighted by Crippen LogP contribution is 2.47. The fourth-order valence-corrected chi connectivity index (χ4v) is 4.08. The summed E-state index contributed by atoms with van der Waals surface area (Å²) in [7, 11) is 0. The van der Waals surface area contributed by atoms with Gasteiger partial charge < -0.3 is 10.3 Å². The average molecular weight is 274 g/mol. The Labute approximate surface area is 119 Å². The molecule has 0 radical (unpaired) electrons. The van der Waals surface area contributed by atoms with E-state index in [1.807, 2.05) is 0 Å². The van der Waals surface area contributed by atoms with E-state index in [4.69, 9.17) is 0 Å². The van der Waals surface area contributed by atoms with E-state index in [2.05, 4.69) is 10.3 Å². The molecule has 0 unspecified atom stereocenters. The van der Waals surface area contributed by atoms with Crippen LogP contribution >= 0.6 is 0 Å². The second kappa shape index (κ2) is 5.43. The van der Waals surface area contributed by atoms with Crippen LogP contribution in [0.3, 0.4) is 0 Å². The van der Waals surface area contributed by atoms with Crippen molar-refractivity contribution >= 4 is 5.91 Å². The number of aromatic nitrogens is 1. The van der Waals surface area contributed by atoms with Crippen LogP contribution in [0.15, 0.2) is 16.9 Å². The molecule has 1 heterocycles. The first-order valence-corrected chi connectivity index (χ1v) is 7.62. The third kappa shape index (κ3) is 2.65. The number of hydrogen-bond donors (Lipinski definition) is 2. The van der Waals surface area contributed by atoms with Gasteiger partial charge in [0.1, 0.15) is 0 Å². The summed E-state index contributed by atoms with van der Waals surface area (Å²) in [5.41, 5.74) is 0.971. The standard InChI is InChI=1S/C16H22N2O2/c1-10-7-13(8-15(19)18-10)16(20)17-9-12-6-5-11-3-2-4-14(11)12/h7-8,11-12,14H,2-6,9H2,1H3,(H,17,20)(H,18,19)/t11-,12+,14-/m0/s1. The zero-order valence-electron chi connectivity index (χ0n) is 11.9. The van der Waals surface area contributed by atoms with Gasteiger partial charge in [-0.25, -0.2) is 0 Å². The Bertz CT molecular complexity index is 564. The van der Waals surface area contributed by atoms with Gasteiger partial charge >= 0.3 is 0 Å². The molecule has 2 saturated carbocycles. The number of amides is 1. The molecule has 2 aliphatic carbocycles. The lowest BCUT2D eigenvalue weighted by Crippen LogP contribution is -2.31. The number of carbonyl (C=O) groups is 1. The first-order chi connectivity index (χ1) is 9.63. The number of nitrogens with one attached hydrogen (secondary N) is 2. The monoisotopic (exact) mass is 274 g/mol. The molecule has 4 nitrogen and oxygen atoms in total. The molecule has 1 aromatic heterocycles. The Morgan fingerprint density at radius 2 is 2.15 bits per heavy atom. The van der Waals surface area contributed by atoms with Crippen LogP contribution in [0, 0.1) is 24.7 Å². The van der Waals surface area contributed by atoms with E-state index in [1.165, 1.54) is 38.2 Å². The maximum Gasteiger partial charge on any atom is 0.251 e. The lowest BCUT2D eigenvalue weighted by molar-refractivity contribution is 0.0943. The SMILES string of the molecule is Cc1cc(C(=O)NC[C@H]2CC[C@@H]3CCC[C@@H]32)cc(=O)[nH]1. The molecule has 4 heteroatoms. The highest BCUT2D eigenvalue weighted by Gasteiger charge is 2.38. The molecule has 0 bridgehead atoms. The Kier molecular flexibility index (Phi) is 3.64. The van der Waals surface area contributed by atoms with E-state index in [0.29, 0.717) is 11.5 Å². The Balaban J connectivity index is 1.60. The number of rotatable bonds is 3. The molecule has 1 amide bonds. The number of aryl methyl sites for hydroxylation is 1. The number of pyridine rings is 1. The summed E-state index contributed by atoms with van der Waals surface area (Å²) in [6.45, 7) is 2.55. The number of carbonyl (C=O) groups excluding carboxylic acids is 1. The van der Waals surface area contributed by atoms with Crippen molar-refractivity contribution in [2.24, 2.45) is 17.8 Å². The van der Waals surface area contributed by atoms with Crippen molar-refractivity contribution < 1.29 is 4.79 Å². The van der Waals surface area contributed by atoms with Crippen molar-refractivity contribution in [2.45, 2.75) is 39.0 Å². The van der Waals surface area contributed by atoms with Crippen molar-refractivity contribution in [1.29, 1.82) is 0 Å². The van der Waals surface area contributed by atoms with Gasteiger partial charge in [-0.05, 0) is 50.0 Å². The molecule has 0 saturated heterocycles. The Hall–Kier alpha value is -1.58.